The number of anilines is 6. The van der Waals surface area contributed by atoms with E-state index in [1.807, 2.05) is 24.3 Å². The average Bonchev–Trinajstić information content (AvgIpc) is 0.857. The molecule has 8 aromatic rings. The van der Waals surface area contributed by atoms with Crippen molar-refractivity contribution in [2.75, 3.05) is 133 Å². The van der Waals surface area contributed by atoms with Gasteiger partial charge in [-0.15, -0.1) is 33.7 Å². The van der Waals surface area contributed by atoms with Crippen molar-refractivity contribution >= 4 is 93.3 Å². The molecule has 0 spiro atoms. The number of hydrogen-bond acceptors (Lipinski definition) is 17. The van der Waals surface area contributed by atoms with Gasteiger partial charge in [-0.1, -0.05) is 60.3 Å². The Labute approximate surface area is 604 Å². The predicted molar refractivity (Wildman–Crippen MR) is 428 cm³/mol. The molecule has 14 nitrogen and oxygen atoms in total. The molecule has 0 aliphatic heterocycles. The van der Waals surface area contributed by atoms with E-state index in [-0.39, 0.29) is 13.2 Å². The van der Waals surface area contributed by atoms with Gasteiger partial charge in [-0.2, -0.15) is 10.2 Å². The summed E-state index contributed by atoms with van der Waals surface area (Å²) in [4.78, 5) is 18.2. The average molecular weight is 1390 g/mol. The van der Waals surface area contributed by atoms with Crippen LogP contribution in [0.3, 0.4) is 0 Å². The van der Waals surface area contributed by atoms with E-state index in [0.717, 1.165) is 154 Å². The van der Waals surface area contributed by atoms with Crippen LogP contribution in [0.2, 0.25) is 0 Å². The van der Waals surface area contributed by atoms with Gasteiger partial charge in [0.25, 0.3) is 0 Å². The molecule has 524 valence electrons. The highest BCUT2D eigenvalue weighted by molar-refractivity contribution is 8.00. The van der Waals surface area contributed by atoms with Crippen LogP contribution in [0.15, 0.2) is 222 Å². The fourth-order valence-corrected chi connectivity index (χ4v) is 14.3. The predicted octanol–water partition coefficient (Wildman–Crippen LogP) is 17.7. The van der Waals surface area contributed by atoms with Crippen molar-refractivity contribution in [3.8, 4) is 11.5 Å². The largest absolute Gasteiger partial charge is 0.490 e. The van der Waals surface area contributed by atoms with Crippen molar-refractivity contribution in [1.82, 2.24) is 0 Å². The highest BCUT2D eigenvalue weighted by Gasteiger charge is 2.18. The molecule has 8 rings (SSSR count). The van der Waals surface area contributed by atoms with Gasteiger partial charge in [-0.25, -0.2) is 0 Å². The van der Waals surface area contributed by atoms with Crippen LogP contribution in [-0.4, -0.2) is 150 Å². The van der Waals surface area contributed by atoms with E-state index in [4.69, 9.17) is 29.9 Å². The van der Waals surface area contributed by atoms with Gasteiger partial charge in [0.15, 0.2) is 0 Å². The zero-order valence-electron chi connectivity index (χ0n) is 60.4. The van der Waals surface area contributed by atoms with E-state index in [1.165, 1.54) is 22.7 Å². The molecule has 2 N–H and O–H groups in total. The summed E-state index contributed by atoms with van der Waals surface area (Å²) in [5.74, 6) is 2.18. The van der Waals surface area contributed by atoms with Crippen LogP contribution in [0, 0.1) is 0 Å². The highest BCUT2D eigenvalue weighted by atomic mass is 32.2. The van der Waals surface area contributed by atoms with Crippen molar-refractivity contribution in [2.45, 2.75) is 115 Å². The Hall–Kier alpha value is -8.19. The highest BCUT2D eigenvalue weighted by Crippen LogP contribution is 2.34. The monoisotopic (exact) mass is 1390 g/mol. The van der Waals surface area contributed by atoms with Crippen molar-refractivity contribution < 1.29 is 19.7 Å². The number of aliphatic hydroxyl groups excluding tert-OH is 2. The minimum atomic E-state index is -0.729. The Bertz CT molecular complexity index is 3450. The van der Waals surface area contributed by atoms with Crippen molar-refractivity contribution in [3.05, 3.63) is 215 Å². The summed E-state index contributed by atoms with van der Waals surface area (Å²) in [7, 11) is 0. The van der Waals surface area contributed by atoms with Gasteiger partial charge in [0.2, 0.25) is 0 Å². The van der Waals surface area contributed by atoms with Gasteiger partial charge >= 0.3 is 0 Å². The molecule has 17 heteroatoms. The third kappa shape index (κ3) is 21.9. The van der Waals surface area contributed by atoms with E-state index >= 15 is 0 Å². The summed E-state index contributed by atoms with van der Waals surface area (Å²) < 4.78 is 12.9. The molecular formula is C82H104N10O4S3. The van der Waals surface area contributed by atoms with Crippen LogP contribution in [0.1, 0.15) is 116 Å². The van der Waals surface area contributed by atoms with E-state index in [1.54, 1.807) is 47.7 Å². The number of benzene rings is 8. The quantitative estimate of drug-likeness (QED) is 0.0215. The standard InChI is InChI=1S/C82H104N10O4S3/c1-13-87(14-2)67-35-25-61(26-36-67)81(62-27-37-68(38-28-62)88(15-3)16-4)85-83-55-65-33-43-71(91(21-9)22-10)53-79(65)95-57-73(93)59-97-75-45-49-77(50-46-75)99-78-51-47-76(48-52-78)98-60-74(94)58-96-80-54-72(92(23-11)24-12)44-34-66(80)56-84-86-82(63-29-39-69(40-30-63)89(17-5)18-6)64-31-41-70(42-32-64)90(19-7)20-8/h25-56,73-74,93-94H,13-24,57-60H2,1-12H3/b83-55+,84-56+. The Morgan fingerprint density at radius 3 is 0.838 bits per heavy atom. The van der Waals surface area contributed by atoms with E-state index in [2.05, 4.69) is 270 Å². The molecule has 8 aromatic carbocycles. The number of ether oxygens (including phenoxy) is 2. The molecule has 2 unspecified atom stereocenters. The molecule has 0 saturated carbocycles. The Kier molecular flexibility index (Phi) is 31.1. The van der Waals surface area contributed by atoms with Crippen molar-refractivity contribution in [3.63, 3.8) is 0 Å². The SMILES string of the molecule is CCN(CC)c1ccc(C(=N/N=C/c2ccc(N(CC)CC)cc2OCC(O)CSc2ccc(Sc3ccc(SCC(O)COc4cc(N(CC)CC)ccc4/C=N/N=C(c4ccc(N(CC)CC)cc4)c4ccc(N(CC)CC)cc4)cc3)cc2)c2ccc(N(CC)CC)cc2)cc1. The van der Waals surface area contributed by atoms with Crippen LogP contribution in [0.4, 0.5) is 34.1 Å². The Morgan fingerprint density at radius 2 is 0.576 bits per heavy atom. The second kappa shape index (κ2) is 40.2. The molecule has 0 amide bonds. The second-order valence-corrected chi connectivity index (χ2v) is 27.0. The third-order valence-electron chi connectivity index (χ3n) is 17.7. The molecule has 0 heterocycles. The molecule has 0 aromatic heterocycles. The summed E-state index contributed by atoms with van der Waals surface area (Å²) in [5, 5.41) is 42.0. The topological polar surface area (TPSA) is 128 Å². The first-order chi connectivity index (χ1) is 48.3. The van der Waals surface area contributed by atoms with Gasteiger partial charge in [0.05, 0.1) is 24.6 Å². The number of nitrogens with zero attached hydrogens (tertiary/aromatic N) is 10. The first-order valence-corrected chi connectivity index (χ1v) is 38.3. The first kappa shape index (κ1) is 76.6. The number of aliphatic hydroxyl groups is 2. The minimum Gasteiger partial charge on any atom is -0.490 e. The number of thioether (sulfide) groups is 2. The molecular weight excluding hydrogens is 1290 g/mol. The molecule has 0 saturated heterocycles. The lowest BCUT2D eigenvalue weighted by molar-refractivity contribution is 0.126. The maximum absolute atomic E-state index is 11.4. The molecule has 2 atom stereocenters. The maximum atomic E-state index is 11.4. The van der Waals surface area contributed by atoms with Crippen LogP contribution < -0.4 is 38.9 Å². The molecule has 99 heavy (non-hydrogen) atoms. The fourth-order valence-electron chi connectivity index (χ4n) is 11.8. The van der Waals surface area contributed by atoms with Crippen LogP contribution in [0.25, 0.3) is 0 Å². The lowest BCUT2D eigenvalue weighted by Gasteiger charge is -2.22. The summed E-state index contributed by atoms with van der Waals surface area (Å²) in [6.07, 6.45) is 2.05. The first-order valence-electron chi connectivity index (χ1n) is 35.5. The molecule has 0 aliphatic rings. The fraction of sp³-hybridized carbons (Fsp3) is 0.366. The Morgan fingerprint density at radius 1 is 0.333 bits per heavy atom. The molecule has 0 radical (unpaired) electrons. The number of hydrogen-bond donors (Lipinski definition) is 2. The van der Waals surface area contributed by atoms with Gasteiger partial charge in [0, 0.05) is 189 Å². The lowest BCUT2D eigenvalue weighted by Crippen LogP contribution is -2.23. The number of rotatable bonds is 40. The van der Waals surface area contributed by atoms with Crippen LogP contribution in [-0.2, 0) is 0 Å². The van der Waals surface area contributed by atoms with Gasteiger partial charge < -0.3 is 49.1 Å². The van der Waals surface area contributed by atoms with Gasteiger partial charge in [-0.3, -0.25) is 0 Å². The molecule has 0 aliphatic carbocycles. The van der Waals surface area contributed by atoms with Gasteiger partial charge in [0.1, 0.15) is 36.1 Å². The summed E-state index contributed by atoms with van der Waals surface area (Å²) in [6, 6.07) is 63.5. The van der Waals surface area contributed by atoms with Crippen LogP contribution >= 0.6 is 35.3 Å². The van der Waals surface area contributed by atoms with E-state index in [0.29, 0.717) is 23.0 Å². The van der Waals surface area contributed by atoms with Crippen LogP contribution in [0.5, 0.6) is 11.5 Å². The zero-order chi connectivity index (χ0) is 70.5. The molecule has 0 fully saturated rings. The third-order valence-corrected chi connectivity index (χ3v) is 21.0. The second-order valence-electron chi connectivity index (χ2n) is 23.6. The summed E-state index contributed by atoms with van der Waals surface area (Å²) >= 11 is 4.89. The Balaban J connectivity index is 0.863. The summed E-state index contributed by atoms with van der Waals surface area (Å²) in [6.45, 7) is 37.0. The maximum Gasteiger partial charge on any atom is 0.130 e. The minimum absolute atomic E-state index is 0.111. The molecule has 0 bridgehead atoms. The smallest absolute Gasteiger partial charge is 0.130 e. The zero-order valence-corrected chi connectivity index (χ0v) is 62.8. The lowest BCUT2D eigenvalue weighted by atomic mass is 10.0. The van der Waals surface area contributed by atoms with Crippen molar-refractivity contribution in [1.29, 1.82) is 0 Å². The summed E-state index contributed by atoms with van der Waals surface area (Å²) in [5.41, 5.74) is 13.8. The van der Waals surface area contributed by atoms with Gasteiger partial charge in [-0.05, 0) is 204 Å². The van der Waals surface area contributed by atoms with E-state index < -0.39 is 12.2 Å². The van der Waals surface area contributed by atoms with Crippen molar-refractivity contribution in [2.24, 2.45) is 20.4 Å². The normalized spacial score (nSPS) is 11.9. The van der Waals surface area contributed by atoms with E-state index in [9.17, 15) is 10.2 Å².